The van der Waals surface area contributed by atoms with Gasteiger partial charge >= 0.3 is 0 Å². The Morgan fingerprint density at radius 3 is 2.83 bits per heavy atom. The van der Waals surface area contributed by atoms with Gasteiger partial charge in [-0.1, -0.05) is 24.3 Å². The van der Waals surface area contributed by atoms with Gasteiger partial charge in [0.2, 0.25) is 5.91 Å². The maximum Gasteiger partial charge on any atom is 0.221 e. The zero-order valence-electron chi connectivity index (χ0n) is 16.5. The van der Waals surface area contributed by atoms with Crippen molar-refractivity contribution in [3.63, 3.8) is 0 Å². The lowest BCUT2D eigenvalue weighted by Gasteiger charge is -2.30. The molecule has 2 N–H and O–H groups in total. The highest BCUT2D eigenvalue weighted by Gasteiger charge is 2.25. The number of primary amides is 1. The van der Waals surface area contributed by atoms with Crippen molar-refractivity contribution >= 4 is 5.91 Å². The number of carbonyl (C=O) groups excluding carboxylic acids is 1. The van der Waals surface area contributed by atoms with Crippen LogP contribution in [0.3, 0.4) is 0 Å². The second-order valence-corrected chi connectivity index (χ2v) is 7.77. The number of benzene rings is 2. The lowest BCUT2D eigenvalue weighted by Crippen LogP contribution is -2.40. The lowest BCUT2D eigenvalue weighted by molar-refractivity contribution is -0.123. The highest BCUT2D eigenvalue weighted by molar-refractivity contribution is 5.77. The van der Waals surface area contributed by atoms with E-state index in [9.17, 15) is 9.18 Å². The first-order valence-corrected chi connectivity index (χ1v) is 9.93. The Morgan fingerprint density at radius 1 is 1.24 bits per heavy atom. The van der Waals surface area contributed by atoms with E-state index in [1.807, 2.05) is 42.1 Å². The van der Waals surface area contributed by atoms with Crippen LogP contribution in [-0.4, -0.2) is 33.7 Å². The number of carbonyl (C=O) groups is 1. The molecule has 0 saturated carbocycles. The minimum absolute atomic E-state index is 0.117. The quantitative estimate of drug-likeness (QED) is 0.720. The molecule has 4 rings (SSSR count). The van der Waals surface area contributed by atoms with Crippen LogP contribution >= 0.6 is 0 Å². The van der Waals surface area contributed by atoms with Gasteiger partial charge in [-0.05, 0) is 56.1 Å². The van der Waals surface area contributed by atoms with E-state index in [1.165, 1.54) is 12.1 Å². The molecule has 1 atom stereocenters. The summed E-state index contributed by atoms with van der Waals surface area (Å²) in [4.78, 5) is 13.9. The van der Waals surface area contributed by atoms with Crippen molar-refractivity contribution in [1.29, 1.82) is 0 Å². The first kappa shape index (κ1) is 19.3. The molecule has 1 saturated heterocycles. The number of piperidine rings is 1. The molecule has 6 heteroatoms. The predicted octanol–water partition coefficient (Wildman–Crippen LogP) is 3.68. The minimum atomic E-state index is -0.287. The van der Waals surface area contributed by atoms with Crippen LogP contribution in [0.2, 0.25) is 0 Å². The van der Waals surface area contributed by atoms with Gasteiger partial charge in [-0.25, -0.2) is 9.07 Å². The van der Waals surface area contributed by atoms with Crippen molar-refractivity contribution < 1.29 is 9.18 Å². The van der Waals surface area contributed by atoms with Crippen LogP contribution in [0.1, 0.15) is 24.0 Å². The first-order valence-electron chi connectivity index (χ1n) is 9.93. The molecule has 1 fully saturated rings. The number of hydrogen-bond donors (Lipinski definition) is 1. The third kappa shape index (κ3) is 4.38. The van der Waals surface area contributed by atoms with E-state index in [2.05, 4.69) is 11.0 Å². The number of hydrogen-bond acceptors (Lipinski definition) is 3. The molecule has 0 unspecified atom stereocenters. The Bertz CT molecular complexity index is 1030. The second kappa shape index (κ2) is 8.17. The van der Waals surface area contributed by atoms with Gasteiger partial charge in [0.15, 0.2) is 0 Å². The maximum atomic E-state index is 13.9. The number of amides is 1. The zero-order chi connectivity index (χ0) is 20.4. The molecule has 3 aromatic rings. The monoisotopic (exact) mass is 392 g/mol. The summed E-state index contributed by atoms with van der Waals surface area (Å²) >= 11 is 0. The number of likely N-dealkylation sites (tertiary alicyclic amines) is 1. The number of nitrogens with zero attached hydrogens (tertiary/aromatic N) is 3. The molecule has 1 aliphatic heterocycles. The molecular weight excluding hydrogens is 367 g/mol. The van der Waals surface area contributed by atoms with Crippen molar-refractivity contribution in [3.8, 4) is 16.9 Å². The number of aromatic nitrogens is 2. The standard InChI is InChI=1S/C23H25FN4O/c1-16-5-2-9-21(11-16)28-15-19(14-27-10-4-7-18(13-27)23(25)29)22(26-28)17-6-3-8-20(24)12-17/h2-3,5-6,8-9,11-12,15,18H,4,7,10,13-14H2,1H3,(H2,25,29)/t18-/m0/s1. The molecule has 0 spiro atoms. The zero-order valence-corrected chi connectivity index (χ0v) is 16.5. The molecule has 5 nitrogen and oxygen atoms in total. The largest absolute Gasteiger partial charge is 0.369 e. The average molecular weight is 392 g/mol. The van der Waals surface area contributed by atoms with E-state index in [1.54, 1.807) is 6.07 Å². The Balaban J connectivity index is 1.70. The normalized spacial score (nSPS) is 17.4. The van der Waals surface area contributed by atoms with Gasteiger partial charge in [0.1, 0.15) is 5.82 Å². The summed E-state index contributed by atoms with van der Waals surface area (Å²) in [5.74, 6) is -0.644. The van der Waals surface area contributed by atoms with E-state index in [0.717, 1.165) is 47.5 Å². The second-order valence-electron chi connectivity index (χ2n) is 7.77. The Morgan fingerprint density at radius 2 is 2.07 bits per heavy atom. The van der Waals surface area contributed by atoms with Crippen LogP contribution in [0.15, 0.2) is 54.7 Å². The van der Waals surface area contributed by atoms with Crippen LogP contribution < -0.4 is 5.73 Å². The molecule has 1 amide bonds. The summed E-state index contributed by atoms with van der Waals surface area (Å²) in [6.45, 7) is 4.23. The third-order valence-corrected chi connectivity index (χ3v) is 5.46. The van der Waals surface area contributed by atoms with Gasteiger partial charge in [-0.2, -0.15) is 5.10 Å². The van der Waals surface area contributed by atoms with Crippen molar-refractivity contribution in [2.45, 2.75) is 26.3 Å². The minimum Gasteiger partial charge on any atom is -0.369 e. The summed E-state index contributed by atoms with van der Waals surface area (Å²) in [7, 11) is 0. The molecule has 2 aromatic carbocycles. The highest BCUT2D eigenvalue weighted by atomic mass is 19.1. The van der Waals surface area contributed by atoms with Crippen molar-refractivity contribution in [3.05, 3.63) is 71.7 Å². The Hall–Kier alpha value is -2.99. The van der Waals surface area contributed by atoms with Crippen LogP contribution in [0.25, 0.3) is 16.9 Å². The first-order chi connectivity index (χ1) is 14.0. The topological polar surface area (TPSA) is 64.2 Å². The maximum absolute atomic E-state index is 13.9. The van der Waals surface area contributed by atoms with Gasteiger partial charge in [0, 0.05) is 30.4 Å². The predicted molar refractivity (Wildman–Crippen MR) is 111 cm³/mol. The molecule has 0 aliphatic carbocycles. The van der Waals surface area contributed by atoms with E-state index in [4.69, 9.17) is 10.8 Å². The number of nitrogens with two attached hydrogens (primary N) is 1. The van der Waals surface area contributed by atoms with Gasteiger partial charge in [-0.15, -0.1) is 0 Å². The van der Waals surface area contributed by atoms with Crippen LogP contribution in [0, 0.1) is 18.7 Å². The molecule has 1 aromatic heterocycles. The molecule has 0 radical (unpaired) electrons. The van der Waals surface area contributed by atoms with E-state index in [0.29, 0.717) is 13.1 Å². The average Bonchev–Trinajstić information content (AvgIpc) is 3.12. The summed E-state index contributed by atoms with van der Waals surface area (Å²) in [5.41, 5.74) is 10.1. The molecule has 29 heavy (non-hydrogen) atoms. The molecular formula is C23H25FN4O. The number of rotatable bonds is 5. The van der Waals surface area contributed by atoms with Crippen LogP contribution in [0.5, 0.6) is 0 Å². The van der Waals surface area contributed by atoms with Crippen LogP contribution in [-0.2, 0) is 11.3 Å². The van der Waals surface area contributed by atoms with E-state index >= 15 is 0 Å². The summed E-state index contributed by atoms with van der Waals surface area (Å²) < 4.78 is 15.7. The highest BCUT2D eigenvalue weighted by Crippen LogP contribution is 2.27. The van der Waals surface area contributed by atoms with Crippen molar-refractivity contribution in [2.75, 3.05) is 13.1 Å². The van der Waals surface area contributed by atoms with Gasteiger partial charge < -0.3 is 5.73 Å². The lowest BCUT2D eigenvalue weighted by atomic mass is 9.97. The molecule has 150 valence electrons. The van der Waals surface area contributed by atoms with Gasteiger partial charge in [-0.3, -0.25) is 9.69 Å². The van der Waals surface area contributed by atoms with Crippen molar-refractivity contribution in [2.24, 2.45) is 11.7 Å². The summed E-state index contributed by atoms with van der Waals surface area (Å²) in [5, 5.41) is 4.78. The SMILES string of the molecule is Cc1cccc(-n2cc(CN3CCC[C@H](C(N)=O)C3)c(-c3cccc(F)c3)n2)c1. The molecule has 1 aliphatic rings. The van der Waals surface area contributed by atoms with Crippen LogP contribution in [0.4, 0.5) is 4.39 Å². The fraction of sp³-hybridized carbons (Fsp3) is 0.304. The fourth-order valence-corrected chi connectivity index (χ4v) is 3.98. The van der Waals surface area contributed by atoms with E-state index in [-0.39, 0.29) is 17.6 Å². The fourth-order valence-electron chi connectivity index (χ4n) is 3.98. The molecule has 0 bridgehead atoms. The Labute approximate surface area is 169 Å². The van der Waals surface area contributed by atoms with Gasteiger partial charge in [0.25, 0.3) is 0 Å². The summed E-state index contributed by atoms with van der Waals surface area (Å²) in [6, 6.07) is 14.6. The number of halogens is 1. The third-order valence-electron chi connectivity index (χ3n) is 5.46. The molecule has 2 heterocycles. The Kier molecular flexibility index (Phi) is 5.45. The number of aryl methyl sites for hydroxylation is 1. The smallest absolute Gasteiger partial charge is 0.221 e. The van der Waals surface area contributed by atoms with Gasteiger partial charge in [0.05, 0.1) is 17.3 Å². The van der Waals surface area contributed by atoms with Crippen molar-refractivity contribution in [1.82, 2.24) is 14.7 Å². The van der Waals surface area contributed by atoms with E-state index < -0.39 is 0 Å². The summed E-state index contributed by atoms with van der Waals surface area (Å²) in [6.07, 6.45) is 3.78.